The first-order valence-electron chi connectivity index (χ1n) is 11.5. The number of para-hydroxylation sites is 1. The minimum atomic E-state index is -0.365. The number of hydrogen-bond acceptors (Lipinski definition) is 4. The maximum atomic E-state index is 14.0. The van der Waals surface area contributed by atoms with Gasteiger partial charge in [-0.15, -0.1) is 0 Å². The van der Waals surface area contributed by atoms with Crippen molar-refractivity contribution < 1.29 is 13.9 Å². The first-order chi connectivity index (χ1) is 18.1. The molecule has 0 aliphatic carbocycles. The number of hydrogen-bond donors (Lipinski definition) is 1. The van der Waals surface area contributed by atoms with Crippen molar-refractivity contribution in [2.75, 3.05) is 0 Å². The molecular weight excluding hydrogens is 533 g/mol. The number of hydrazone groups is 1. The highest BCUT2D eigenvalue weighted by Crippen LogP contribution is 2.25. The molecule has 7 heteroatoms. The third-order valence-corrected chi connectivity index (χ3v) is 6.21. The van der Waals surface area contributed by atoms with Crippen LogP contribution in [0.15, 0.2) is 113 Å². The van der Waals surface area contributed by atoms with Crippen molar-refractivity contribution in [1.82, 2.24) is 10.4 Å². The maximum absolute atomic E-state index is 14.0. The van der Waals surface area contributed by atoms with Gasteiger partial charge in [0, 0.05) is 26.5 Å². The number of benzene rings is 4. The Hall–Kier alpha value is -4.36. The molecule has 0 spiro atoms. The Labute approximate surface area is 221 Å². The fraction of sp³-hybridized carbons (Fsp3) is 0.0333. The van der Waals surface area contributed by atoms with Crippen molar-refractivity contribution in [3.8, 4) is 17.0 Å². The zero-order valence-corrected chi connectivity index (χ0v) is 21.2. The Kier molecular flexibility index (Phi) is 7.33. The number of nitrogens with one attached hydrogen (secondary N) is 1. The minimum absolute atomic E-state index is 0.0623. The van der Waals surface area contributed by atoms with Crippen LogP contribution < -0.4 is 10.2 Å². The average Bonchev–Trinajstić information content (AvgIpc) is 2.93. The number of rotatable bonds is 7. The third-order valence-electron chi connectivity index (χ3n) is 5.71. The lowest BCUT2D eigenvalue weighted by Crippen LogP contribution is -2.18. The number of carbonyl (C=O) groups is 1. The summed E-state index contributed by atoms with van der Waals surface area (Å²) in [5.74, 6) is -0.192. The summed E-state index contributed by atoms with van der Waals surface area (Å²) in [6, 6.07) is 30.8. The summed E-state index contributed by atoms with van der Waals surface area (Å²) in [6.45, 7) is 0.0623. The van der Waals surface area contributed by atoms with Gasteiger partial charge < -0.3 is 4.74 Å². The van der Waals surface area contributed by atoms with Crippen LogP contribution in [0, 0.1) is 5.82 Å². The predicted molar refractivity (Wildman–Crippen MR) is 147 cm³/mol. The van der Waals surface area contributed by atoms with Gasteiger partial charge in [0.15, 0.2) is 0 Å². The second kappa shape index (κ2) is 11.1. The van der Waals surface area contributed by atoms with E-state index in [0.717, 1.165) is 15.4 Å². The van der Waals surface area contributed by atoms with Crippen molar-refractivity contribution in [2.24, 2.45) is 5.10 Å². The van der Waals surface area contributed by atoms with Crippen LogP contribution in [0.1, 0.15) is 21.5 Å². The quantitative estimate of drug-likeness (QED) is 0.172. The van der Waals surface area contributed by atoms with E-state index in [-0.39, 0.29) is 18.3 Å². The summed E-state index contributed by atoms with van der Waals surface area (Å²) in [5.41, 5.74) is 6.48. The number of carbonyl (C=O) groups excluding carboxylic acids is 1. The summed E-state index contributed by atoms with van der Waals surface area (Å²) >= 11 is 3.45. The summed E-state index contributed by atoms with van der Waals surface area (Å²) in [5, 5.41) is 4.91. The normalized spacial score (nSPS) is 11.1. The number of pyridine rings is 1. The van der Waals surface area contributed by atoms with E-state index < -0.39 is 0 Å². The van der Waals surface area contributed by atoms with Gasteiger partial charge in [0.2, 0.25) is 0 Å². The Morgan fingerprint density at radius 3 is 2.54 bits per heavy atom. The van der Waals surface area contributed by atoms with E-state index in [4.69, 9.17) is 9.72 Å². The molecule has 1 amide bonds. The van der Waals surface area contributed by atoms with Gasteiger partial charge in [0.25, 0.3) is 5.91 Å². The molecule has 4 aromatic carbocycles. The lowest BCUT2D eigenvalue weighted by Gasteiger charge is -2.11. The summed E-state index contributed by atoms with van der Waals surface area (Å²) in [7, 11) is 0. The van der Waals surface area contributed by atoms with Crippen LogP contribution in [0.25, 0.3) is 22.2 Å². The fourth-order valence-electron chi connectivity index (χ4n) is 3.86. The molecule has 5 nitrogen and oxygen atoms in total. The highest BCUT2D eigenvalue weighted by Gasteiger charge is 2.14. The van der Waals surface area contributed by atoms with Crippen LogP contribution in [-0.2, 0) is 6.61 Å². The molecule has 0 unspecified atom stereocenters. The second-order valence-corrected chi connectivity index (χ2v) is 9.12. The highest BCUT2D eigenvalue weighted by molar-refractivity contribution is 9.10. The minimum Gasteiger partial charge on any atom is -0.488 e. The molecule has 37 heavy (non-hydrogen) atoms. The van der Waals surface area contributed by atoms with Crippen LogP contribution in [0.5, 0.6) is 5.75 Å². The molecule has 1 aromatic heterocycles. The van der Waals surface area contributed by atoms with Crippen LogP contribution in [0.2, 0.25) is 0 Å². The lowest BCUT2D eigenvalue weighted by atomic mass is 10.0. The number of aromatic nitrogens is 1. The topological polar surface area (TPSA) is 63.6 Å². The second-order valence-electron chi connectivity index (χ2n) is 8.20. The number of halogens is 2. The van der Waals surface area contributed by atoms with Crippen molar-refractivity contribution >= 4 is 39.0 Å². The standard InChI is InChI=1S/C30H21BrFN3O2/c31-23-14-15-29(37-19-21-10-4-6-12-26(21)32)22(16-23)18-33-35-30(36)25-17-28(20-8-2-1-3-9-20)34-27-13-7-5-11-24(25)27/h1-18H,19H2,(H,35,36)/b33-18+. The van der Waals surface area contributed by atoms with Crippen LogP contribution in [-0.4, -0.2) is 17.1 Å². The molecule has 1 N–H and O–H groups in total. The molecule has 5 rings (SSSR count). The van der Waals surface area contributed by atoms with E-state index >= 15 is 0 Å². The molecule has 0 aliphatic heterocycles. The molecule has 0 atom stereocenters. The monoisotopic (exact) mass is 553 g/mol. The Morgan fingerprint density at radius 2 is 1.70 bits per heavy atom. The fourth-order valence-corrected chi connectivity index (χ4v) is 4.24. The molecule has 0 fully saturated rings. The molecule has 0 bridgehead atoms. The van der Waals surface area contributed by atoms with Crippen LogP contribution >= 0.6 is 15.9 Å². The van der Waals surface area contributed by atoms with Crippen LogP contribution in [0.3, 0.4) is 0 Å². The van der Waals surface area contributed by atoms with Crippen molar-refractivity contribution in [2.45, 2.75) is 6.61 Å². The zero-order chi connectivity index (χ0) is 25.6. The number of nitrogens with zero attached hydrogens (tertiary/aromatic N) is 2. The van der Waals surface area contributed by atoms with Gasteiger partial charge in [0.05, 0.1) is 23.0 Å². The van der Waals surface area contributed by atoms with Crippen molar-refractivity contribution in [3.63, 3.8) is 0 Å². The molecule has 0 radical (unpaired) electrons. The van der Waals surface area contributed by atoms with E-state index in [1.165, 1.54) is 12.3 Å². The van der Waals surface area contributed by atoms with E-state index in [9.17, 15) is 9.18 Å². The van der Waals surface area contributed by atoms with Crippen molar-refractivity contribution in [3.05, 3.63) is 130 Å². The third kappa shape index (κ3) is 5.73. The summed E-state index contributed by atoms with van der Waals surface area (Å²) in [6.07, 6.45) is 1.50. The molecule has 1 heterocycles. The Balaban J connectivity index is 1.38. The van der Waals surface area contributed by atoms with E-state index in [1.54, 1.807) is 30.3 Å². The Bertz CT molecular complexity index is 1610. The number of amides is 1. The Morgan fingerprint density at radius 1 is 0.946 bits per heavy atom. The first kappa shape index (κ1) is 24.3. The van der Waals surface area contributed by atoms with Crippen molar-refractivity contribution in [1.29, 1.82) is 0 Å². The SMILES string of the molecule is O=C(N/N=C/c1cc(Br)ccc1OCc1ccccc1F)c1cc(-c2ccccc2)nc2ccccc12. The number of fused-ring (bicyclic) bond motifs is 1. The molecule has 5 aromatic rings. The lowest BCUT2D eigenvalue weighted by molar-refractivity contribution is 0.0956. The van der Waals surface area contributed by atoms with Gasteiger partial charge in [-0.25, -0.2) is 14.8 Å². The molecule has 0 saturated carbocycles. The largest absolute Gasteiger partial charge is 0.488 e. The zero-order valence-electron chi connectivity index (χ0n) is 19.6. The summed E-state index contributed by atoms with van der Waals surface area (Å²) < 4.78 is 20.7. The van der Waals surface area contributed by atoms with E-state index in [0.29, 0.717) is 33.7 Å². The average molecular weight is 554 g/mol. The van der Waals surface area contributed by atoms with E-state index in [2.05, 4.69) is 26.5 Å². The summed E-state index contributed by atoms with van der Waals surface area (Å²) in [4.78, 5) is 17.9. The molecular formula is C30H21BrFN3O2. The number of ether oxygens (including phenoxy) is 1. The smallest absolute Gasteiger partial charge is 0.272 e. The molecule has 182 valence electrons. The first-order valence-corrected chi connectivity index (χ1v) is 12.3. The van der Waals surface area contributed by atoms with Gasteiger partial charge in [-0.05, 0) is 36.4 Å². The van der Waals surface area contributed by atoms with E-state index in [1.807, 2.05) is 66.7 Å². The maximum Gasteiger partial charge on any atom is 0.272 e. The van der Waals surface area contributed by atoms with Gasteiger partial charge in [0.1, 0.15) is 18.2 Å². The predicted octanol–water partition coefficient (Wildman–Crippen LogP) is 7.15. The van der Waals surface area contributed by atoms with Gasteiger partial charge in [-0.1, -0.05) is 82.7 Å². The van der Waals surface area contributed by atoms with Gasteiger partial charge >= 0.3 is 0 Å². The van der Waals surface area contributed by atoms with Crippen LogP contribution in [0.4, 0.5) is 4.39 Å². The molecule has 0 aliphatic rings. The highest BCUT2D eigenvalue weighted by atomic mass is 79.9. The van der Waals surface area contributed by atoms with Gasteiger partial charge in [-0.2, -0.15) is 5.10 Å². The van der Waals surface area contributed by atoms with Gasteiger partial charge in [-0.3, -0.25) is 4.79 Å². The molecule has 0 saturated heterocycles.